The largest absolute Gasteiger partial charge is 0.347 e. The van der Waals surface area contributed by atoms with Gasteiger partial charge in [0.1, 0.15) is 22.9 Å². The van der Waals surface area contributed by atoms with E-state index in [1.54, 1.807) is 39.8 Å². The van der Waals surface area contributed by atoms with Crippen LogP contribution in [0.2, 0.25) is 0 Å². The summed E-state index contributed by atoms with van der Waals surface area (Å²) in [7, 11) is 0. The number of rotatable bonds is 16. The van der Waals surface area contributed by atoms with Crippen LogP contribution in [0.3, 0.4) is 0 Å². The first-order valence-corrected chi connectivity index (χ1v) is 16.8. The highest BCUT2D eigenvalue weighted by atomic mass is 19.1. The van der Waals surface area contributed by atoms with Crippen LogP contribution in [0.4, 0.5) is 8.78 Å². The molecule has 0 heterocycles. The van der Waals surface area contributed by atoms with Gasteiger partial charge in [0.2, 0.25) is 23.6 Å². The van der Waals surface area contributed by atoms with Crippen LogP contribution in [0.1, 0.15) is 102 Å². The van der Waals surface area contributed by atoms with E-state index in [1.165, 1.54) is 12.1 Å². The summed E-state index contributed by atoms with van der Waals surface area (Å²) in [5, 5.41) is 21.0. The molecule has 0 aliphatic heterocycles. The van der Waals surface area contributed by atoms with Gasteiger partial charge in [0, 0.05) is 12.5 Å². The maximum atomic E-state index is 14.2. The zero-order valence-electron chi connectivity index (χ0n) is 28.6. The number of aryl methyl sites for hydroxylation is 1. The molecule has 10 nitrogen and oxygen atoms in total. The van der Waals surface area contributed by atoms with E-state index in [1.807, 2.05) is 31.2 Å². The summed E-state index contributed by atoms with van der Waals surface area (Å²) >= 11 is 0. The lowest BCUT2D eigenvalue weighted by Crippen LogP contribution is -2.64. The van der Waals surface area contributed by atoms with Crippen molar-refractivity contribution < 1.29 is 28.0 Å². The van der Waals surface area contributed by atoms with Crippen molar-refractivity contribution in [2.75, 3.05) is 6.54 Å². The van der Waals surface area contributed by atoms with Gasteiger partial charge in [0.05, 0.1) is 6.04 Å². The van der Waals surface area contributed by atoms with Gasteiger partial charge in [0.25, 0.3) is 6.09 Å². The first-order valence-electron chi connectivity index (χ1n) is 16.8. The lowest BCUT2D eigenvalue weighted by molar-refractivity contribution is -0.139. The zero-order valence-corrected chi connectivity index (χ0v) is 28.6. The van der Waals surface area contributed by atoms with Gasteiger partial charge in [0.15, 0.2) is 0 Å². The van der Waals surface area contributed by atoms with Crippen molar-refractivity contribution >= 4 is 29.7 Å². The molecule has 0 aromatic heterocycles. The van der Waals surface area contributed by atoms with Gasteiger partial charge in [-0.15, -0.1) is 0 Å². The fraction of sp³-hybridized carbons (Fsp3) is 0.528. The third kappa shape index (κ3) is 9.84. The van der Waals surface area contributed by atoms with E-state index in [4.69, 9.17) is 5.41 Å². The van der Waals surface area contributed by atoms with Crippen LogP contribution < -0.4 is 26.6 Å². The molecule has 4 amide bonds. The molecule has 1 fully saturated rings. The summed E-state index contributed by atoms with van der Waals surface area (Å²) < 4.78 is 26.9. The highest BCUT2D eigenvalue weighted by molar-refractivity contribution is 5.97. The van der Waals surface area contributed by atoms with Crippen molar-refractivity contribution in [2.24, 2.45) is 5.92 Å². The Kier molecular flexibility index (Phi) is 13.6. The van der Waals surface area contributed by atoms with Crippen molar-refractivity contribution in [1.82, 2.24) is 26.6 Å². The maximum Gasteiger partial charge on any atom is 0.275 e. The Bertz CT molecular complexity index is 1380. The Labute approximate surface area is 282 Å². The average molecular weight is 669 g/mol. The molecule has 0 spiro atoms. The molecule has 2 aromatic carbocycles. The van der Waals surface area contributed by atoms with Gasteiger partial charge < -0.3 is 26.6 Å². The molecule has 0 radical (unpaired) electrons. The van der Waals surface area contributed by atoms with Crippen LogP contribution >= 0.6 is 0 Å². The van der Waals surface area contributed by atoms with Gasteiger partial charge in [-0.3, -0.25) is 24.6 Å². The standard InChI is InChI=1S/C36H50F2N6O4/c1-6-35(7-2,43-30(45)23(3)4)32(47)41-28(11-10-22-40-34(38)39)31(46)44-36(20-8-9-21-36)33(48)42-29(25-14-12-24(5)13-15-25)26-16-18-27(37)19-17-26/h12-19,23,28-29H,6-11,20-22H2,1-5H3,(H2,39,40)(H,41,47)(H,42,48)(H,43,45)(H,44,46)/t28-,29?/m1/s1. The van der Waals surface area contributed by atoms with Crippen LogP contribution in [0.5, 0.6) is 0 Å². The molecule has 3 rings (SSSR count). The van der Waals surface area contributed by atoms with Crippen LogP contribution in [-0.2, 0) is 19.2 Å². The van der Waals surface area contributed by atoms with Gasteiger partial charge in [-0.25, -0.2) is 4.39 Å². The second-order valence-electron chi connectivity index (χ2n) is 13.0. The van der Waals surface area contributed by atoms with Crippen LogP contribution in [0.25, 0.3) is 0 Å². The lowest BCUT2D eigenvalue weighted by atomic mass is 9.89. The molecule has 0 bridgehead atoms. The molecule has 1 aliphatic carbocycles. The number of hydrogen-bond acceptors (Lipinski definition) is 5. The molecular weight excluding hydrogens is 618 g/mol. The van der Waals surface area contributed by atoms with Crippen LogP contribution in [0.15, 0.2) is 48.5 Å². The van der Waals surface area contributed by atoms with Gasteiger partial charge >= 0.3 is 0 Å². The van der Waals surface area contributed by atoms with Gasteiger partial charge in [-0.1, -0.05) is 82.5 Å². The van der Waals surface area contributed by atoms with E-state index in [0.717, 1.165) is 11.1 Å². The number of nitrogens with one attached hydrogen (secondary N) is 6. The van der Waals surface area contributed by atoms with Crippen molar-refractivity contribution in [3.05, 3.63) is 71.0 Å². The quantitative estimate of drug-likeness (QED) is 0.0654. The van der Waals surface area contributed by atoms with E-state index in [0.29, 0.717) is 31.2 Å². The number of benzene rings is 2. The number of hydrogen-bond donors (Lipinski definition) is 6. The molecule has 262 valence electrons. The summed E-state index contributed by atoms with van der Waals surface area (Å²) in [6, 6.07) is 11.8. The molecule has 12 heteroatoms. The number of carbonyl (C=O) groups is 4. The lowest BCUT2D eigenvalue weighted by Gasteiger charge is -2.36. The molecule has 1 saturated carbocycles. The van der Waals surface area contributed by atoms with Gasteiger partial charge in [-0.05, 0) is 68.7 Å². The summed E-state index contributed by atoms with van der Waals surface area (Å²) in [5.41, 5.74) is -0.0510. The molecule has 6 N–H and O–H groups in total. The Balaban J connectivity index is 1.90. The topological polar surface area (TPSA) is 152 Å². The second-order valence-corrected chi connectivity index (χ2v) is 13.0. The fourth-order valence-electron chi connectivity index (χ4n) is 6.01. The highest BCUT2D eigenvalue weighted by Gasteiger charge is 2.45. The maximum absolute atomic E-state index is 14.2. The Morgan fingerprint density at radius 1 is 0.896 bits per heavy atom. The molecule has 1 unspecified atom stereocenters. The van der Waals surface area contributed by atoms with E-state index >= 15 is 0 Å². The molecule has 2 aromatic rings. The van der Waals surface area contributed by atoms with E-state index in [9.17, 15) is 28.0 Å². The van der Waals surface area contributed by atoms with E-state index in [-0.39, 0.29) is 44.1 Å². The van der Waals surface area contributed by atoms with Crippen molar-refractivity contribution in [1.29, 1.82) is 5.41 Å². The number of amidine groups is 1. The summed E-state index contributed by atoms with van der Waals surface area (Å²) in [4.78, 5) is 54.7. The second kappa shape index (κ2) is 17.2. The predicted molar refractivity (Wildman–Crippen MR) is 181 cm³/mol. The minimum atomic E-state index is -1.28. The molecule has 2 atom stereocenters. The number of carbonyl (C=O) groups excluding carboxylic acids is 4. The van der Waals surface area contributed by atoms with Gasteiger partial charge in [-0.2, -0.15) is 4.39 Å². The van der Waals surface area contributed by atoms with E-state index < -0.39 is 52.8 Å². The third-order valence-corrected chi connectivity index (χ3v) is 9.24. The molecule has 0 saturated heterocycles. The normalized spacial score (nSPS) is 15.2. The molecular formula is C36H50F2N6O4. The Morgan fingerprint density at radius 2 is 1.46 bits per heavy atom. The Morgan fingerprint density at radius 3 is 1.98 bits per heavy atom. The summed E-state index contributed by atoms with van der Waals surface area (Å²) in [6.07, 6.45) is 1.77. The minimum absolute atomic E-state index is 0.0489. The van der Waals surface area contributed by atoms with Crippen LogP contribution in [0, 0.1) is 24.1 Å². The zero-order chi connectivity index (χ0) is 35.5. The van der Waals surface area contributed by atoms with Crippen molar-refractivity contribution in [3.8, 4) is 0 Å². The van der Waals surface area contributed by atoms with Crippen LogP contribution in [-0.4, -0.2) is 53.4 Å². The summed E-state index contributed by atoms with van der Waals surface area (Å²) in [6.45, 7) is 9.00. The predicted octanol–water partition coefficient (Wildman–Crippen LogP) is 4.86. The Hall–Kier alpha value is -4.35. The summed E-state index contributed by atoms with van der Waals surface area (Å²) in [5.74, 6) is -2.59. The monoisotopic (exact) mass is 668 g/mol. The third-order valence-electron chi connectivity index (χ3n) is 9.24. The van der Waals surface area contributed by atoms with Crippen molar-refractivity contribution in [2.45, 2.75) is 109 Å². The highest BCUT2D eigenvalue weighted by Crippen LogP contribution is 2.32. The molecule has 48 heavy (non-hydrogen) atoms. The first-order chi connectivity index (χ1) is 22.8. The molecule has 1 aliphatic rings. The minimum Gasteiger partial charge on any atom is -0.347 e. The van der Waals surface area contributed by atoms with Crippen molar-refractivity contribution in [3.63, 3.8) is 0 Å². The number of halogens is 2. The SMILES string of the molecule is CCC(CC)(NC(=O)C(C)C)C(=O)N[C@H](CCCNC(=N)F)C(=O)NC1(C(=O)NC(c2ccc(C)cc2)c2ccc(F)cc2)CCCC1. The fourth-order valence-corrected chi connectivity index (χ4v) is 6.01. The first kappa shape index (κ1) is 38.1. The number of amides is 4. The smallest absolute Gasteiger partial charge is 0.275 e. The van der Waals surface area contributed by atoms with E-state index in [2.05, 4.69) is 26.6 Å². The average Bonchev–Trinajstić information content (AvgIpc) is 3.54.